The lowest BCUT2D eigenvalue weighted by Crippen LogP contribution is -2.26. The van der Waals surface area contributed by atoms with E-state index in [0.29, 0.717) is 10.7 Å². The summed E-state index contributed by atoms with van der Waals surface area (Å²) in [4.78, 5) is 22.8. The zero-order valence-corrected chi connectivity index (χ0v) is 9.38. The van der Waals surface area contributed by atoms with Crippen molar-refractivity contribution >= 4 is 23.1 Å². The van der Waals surface area contributed by atoms with Crippen LogP contribution in [0.2, 0.25) is 5.02 Å². The van der Waals surface area contributed by atoms with E-state index in [4.69, 9.17) is 11.6 Å². The molecule has 2 aromatic rings. The van der Waals surface area contributed by atoms with Crippen molar-refractivity contribution in [1.82, 2.24) is 8.52 Å². The number of halogens is 1. The van der Waals surface area contributed by atoms with Crippen LogP contribution in [0.4, 0.5) is 0 Å². The number of nitrogens with zero attached hydrogens (tertiary/aromatic N) is 2. The molecule has 78 valence electrons. The van der Waals surface area contributed by atoms with Crippen molar-refractivity contribution in [2.45, 2.75) is 0 Å². The van der Waals surface area contributed by atoms with Crippen molar-refractivity contribution in [3.05, 3.63) is 49.4 Å². The average Bonchev–Trinajstić information content (AvgIpc) is 2.44. The third-order valence-electron chi connectivity index (χ3n) is 1.94. The van der Waals surface area contributed by atoms with Crippen LogP contribution in [0.1, 0.15) is 0 Å². The summed E-state index contributed by atoms with van der Waals surface area (Å²) < 4.78 is 2.40. The largest absolute Gasteiger partial charge is 0.345 e. The molecule has 0 aliphatic rings. The topological polar surface area (TPSA) is 44.0 Å². The summed E-state index contributed by atoms with van der Waals surface area (Å²) in [5.41, 5.74) is 0.193. The molecule has 1 aromatic carbocycles. The van der Waals surface area contributed by atoms with E-state index in [9.17, 15) is 9.59 Å². The molecule has 1 heterocycles. The molecule has 0 fully saturated rings. The molecule has 0 atom stereocenters. The molecule has 1 aromatic heterocycles. The minimum absolute atomic E-state index is 0.301. The molecule has 0 bridgehead atoms. The van der Waals surface area contributed by atoms with Gasteiger partial charge in [0.05, 0.1) is 5.69 Å². The van der Waals surface area contributed by atoms with Gasteiger partial charge >= 0.3 is 10.6 Å². The van der Waals surface area contributed by atoms with Gasteiger partial charge in [-0.05, 0) is 24.3 Å². The van der Waals surface area contributed by atoms with Gasteiger partial charge in [-0.2, -0.15) is 0 Å². The maximum absolute atomic E-state index is 11.6. The Morgan fingerprint density at radius 2 is 1.80 bits per heavy atom. The first-order chi connectivity index (χ1) is 7.09. The summed E-state index contributed by atoms with van der Waals surface area (Å²) in [6.45, 7) is 0. The van der Waals surface area contributed by atoms with Gasteiger partial charge in [-0.1, -0.05) is 11.6 Å². The Labute approximate surface area is 94.1 Å². The number of hydrogen-bond acceptors (Lipinski definition) is 3. The first-order valence-electron chi connectivity index (χ1n) is 4.15. The fraction of sp³-hybridized carbons (Fsp3) is 0.111. The van der Waals surface area contributed by atoms with Gasteiger partial charge in [0, 0.05) is 23.6 Å². The van der Waals surface area contributed by atoms with Crippen LogP contribution in [0.5, 0.6) is 0 Å². The minimum Gasteiger partial charge on any atom is -0.255 e. The molecule has 0 radical (unpaired) electrons. The lowest BCUT2D eigenvalue weighted by atomic mass is 10.3. The van der Waals surface area contributed by atoms with Crippen molar-refractivity contribution in [3.8, 4) is 5.69 Å². The van der Waals surface area contributed by atoms with Crippen LogP contribution in [-0.2, 0) is 7.05 Å². The third-order valence-corrected chi connectivity index (χ3v) is 2.96. The molecule has 0 saturated heterocycles. The smallest absolute Gasteiger partial charge is 0.255 e. The highest BCUT2D eigenvalue weighted by Crippen LogP contribution is 2.10. The lowest BCUT2D eigenvalue weighted by molar-refractivity contribution is 0.850. The molecule has 0 N–H and O–H groups in total. The normalized spacial score (nSPS) is 10.5. The Bertz CT molecular complexity index is 594. The van der Waals surface area contributed by atoms with E-state index in [0.717, 1.165) is 16.1 Å². The Morgan fingerprint density at radius 1 is 1.20 bits per heavy atom. The molecule has 0 aliphatic heterocycles. The van der Waals surface area contributed by atoms with Crippen molar-refractivity contribution in [3.63, 3.8) is 0 Å². The van der Waals surface area contributed by atoms with Gasteiger partial charge in [-0.25, -0.2) is 13.3 Å². The summed E-state index contributed by atoms with van der Waals surface area (Å²) in [6.07, 6.45) is 0. The van der Waals surface area contributed by atoms with E-state index in [1.807, 2.05) is 0 Å². The predicted molar refractivity (Wildman–Crippen MR) is 60.2 cm³/mol. The van der Waals surface area contributed by atoms with E-state index in [2.05, 4.69) is 0 Å². The monoisotopic (exact) mass is 242 g/mol. The molecular weight excluding hydrogens is 236 g/mol. The Morgan fingerprint density at radius 3 is 2.27 bits per heavy atom. The molecule has 6 heteroatoms. The lowest BCUT2D eigenvalue weighted by Gasteiger charge is -1.98. The van der Waals surface area contributed by atoms with Crippen LogP contribution < -0.4 is 10.6 Å². The SMILES string of the molecule is Cn1sc(=O)n(-c2ccc(Cl)cc2)c1=O. The maximum Gasteiger partial charge on any atom is 0.345 e. The molecule has 2 rings (SSSR count). The molecule has 4 nitrogen and oxygen atoms in total. The Kier molecular flexibility index (Phi) is 2.50. The predicted octanol–water partition coefficient (Wildman–Crippen LogP) is 1.25. The molecule has 0 spiro atoms. The van der Waals surface area contributed by atoms with Gasteiger partial charge in [0.2, 0.25) is 0 Å². The van der Waals surface area contributed by atoms with Crippen molar-refractivity contribution in [2.75, 3.05) is 0 Å². The van der Waals surface area contributed by atoms with Crippen LogP contribution in [0.3, 0.4) is 0 Å². The van der Waals surface area contributed by atoms with Gasteiger partial charge in [0.1, 0.15) is 0 Å². The second kappa shape index (κ2) is 3.67. The van der Waals surface area contributed by atoms with E-state index in [-0.39, 0.29) is 10.6 Å². The molecule has 0 saturated carbocycles. The Balaban J connectivity index is 2.69. The van der Waals surface area contributed by atoms with Gasteiger partial charge in [0.25, 0.3) is 0 Å². The highest BCUT2D eigenvalue weighted by Gasteiger charge is 2.08. The van der Waals surface area contributed by atoms with Crippen molar-refractivity contribution in [1.29, 1.82) is 0 Å². The van der Waals surface area contributed by atoms with Crippen LogP contribution in [0, 0.1) is 0 Å². The second-order valence-electron chi connectivity index (χ2n) is 2.95. The van der Waals surface area contributed by atoms with Gasteiger partial charge in [-0.3, -0.25) is 4.79 Å². The fourth-order valence-electron chi connectivity index (χ4n) is 1.22. The molecule has 0 amide bonds. The summed E-state index contributed by atoms with van der Waals surface area (Å²) in [5.74, 6) is 0. The maximum atomic E-state index is 11.6. The zero-order valence-electron chi connectivity index (χ0n) is 7.81. The Hall–Kier alpha value is -1.33. The van der Waals surface area contributed by atoms with E-state index < -0.39 is 0 Å². The number of rotatable bonds is 1. The number of aromatic nitrogens is 2. The van der Waals surface area contributed by atoms with Crippen LogP contribution in [0.25, 0.3) is 5.69 Å². The first kappa shape index (κ1) is 10.2. The first-order valence-corrected chi connectivity index (χ1v) is 5.30. The standard InChI is InChI=1S/C9H7ClN2O2S/c1-11-8(13)12(9(14)15-11)7-4-2-6(10)3-5-7/h2-5H,1H3. The van der Waals surface area contributed by atoms with Gasteiger partial charge in [-0.15, -0.1) is 0 Å². The quantitative estimate of drug-likeness (QED) is 0.756. The molecular formula is C9H7ClN2O2S. The van der Waals surface area contributed by atoms with Crippen molar-refractivity contribution in [2.24, 2.45) is 7.05 Å². The second-order valence-corrected chi connectivity index (χ2v) is 4.47. The number of aryl methyl sites for hydroxylation is 1. The van der Waals surface area contributed by atoms with Gasteiger partial charge in [0.15, 0.2) is 0 Å². The number of benzene rings is 1. The summed E-state index contributed by atoms with van der Waals surface area (Å²) in [5, 5.41) is 0.568. The highest BCUT2D eigenvalue weighted by atomic mass is 35.5. The van der Waals surface area contributed by atoms with Crippen LogP contribution in [0.15, 0.2) is 33.9 Å². The summed E-state index contributed by atoms with van der Waals surface area (Å²) in [6, 6.07) is 6.55. The minimum atomic E-state index is -0.340. The van der Waals surface area contributed by atoms with Crippen LogP contribution >= 0.6 is 23.1 Å². The molecule has 15 heavy (non-hydrogen) atoms. The highest BCUT2D eigenvalue weighted by molar-refractivity contribution is 7.03. The van der Waals surface area contributed by atoms with E-state index >= 15 is 0 Å². The third kappa shape index (κ3) is 1.75. The van der Waals surface area contributed by atoms with Crippen molar-refractivity contribution < 1.29 is 0 Å². The van der Waals surface area contributed by atoms with Gasteiger partial charge < -0.3 is 0 Å². The van der Waals surface area contributed by atoms with Crippen LogP contribution in [-0.4, -0.2) is 8.52 Å². The number of hydrogen-bond donors (Lipinski definition) is 0. The fourth-order valence-corrected chi connectivity index (χ4v) is 2.01. The van der Waals surface area contributed by atoms with E-state index in [1.54, 1.807) is 31.3 Å². The van der Waals surface area contributed by atoms with E-state index in [1.165, 1.54) is 3.96 Å². The molecule has 0 aliphatic carbocycles. The molecule has 0 unspecified atom stereocenters. The zero-order chi connectivity index (χ0) is 11.0. The summed E-state index contributed by atoms with van der Waals surface area (Å²) >= 11 is 6.59. The summed E-state index contributed by atoms with van der Waals surface area (Å²) in [7, 11) is 1.56. The average molecular weight is 243 g/mol.